The van der Waals surface area contributed by atoms with Gasteiger partial charge in [0, 0.05) is 54.6 Å². The normalized spacial score (nSPS) is 11.5. The fraction of sp³-hybridized carbons (Fsp3) is 0.208. The van der Waals surface area contributed by atoms with E-state index in [0.717, 1.165) is 22.5 Å². The van der Waals surface area contributed by atoms with Gasteiger partial charge in [-0.2, -0.15) is 13.5 Å². The van der Waals surface area contributed by atoms with Crippen molar-refractivity contribution in [3.8, 4) is 11.3 Å². The van der Waals surface area contributed by atoms with Crippen molar-refractivity contribution in [3.63, 3.8) is 0 Å². The van der Waals surface area contributed by atoms with Gasteiger partial charge in [0.25, 0.3) is 5.91 Å². The molecule has 1 aromatic carbocycles. The number of rotatable bonds is 6. The van der Waals surface area contributed by atoms with Gasteiger partial charge in [0.2, 0.25) is 0 Å². The molecule has 0 fully saturated rings. The van der Waals surface area contributed by atoms with Crippen LogP contribution in [0.3, 0.4) is 0 Å². The first-order chi connectivity index (χ1) is 15.5. The fourth-order valence-corrected chi connectivity index (χ4v) is 3.55. The van der Waals surface area contributed by atoms with Crippen LogP contribution in [0.2, 0.25) is 0 Å². The van der Waals surface area contributed by atoms with Crippen LogP contribution in [0.25, 0.3) is 22.2 Å². The van der Waals surface area contributed by atoms with Gasteiger partial charge in [-0.25, -0.2) is 14.4 Å². The maximum absolute atomic E-state index is 14.4. The summed E-state index contributed by atoms with van der Waals surface area (Å²) in [5.41, 5.74) is 4.31. The molecule has 0 aliphatic heterocycles. The second-order valence-corrected chi connectivity index (χ2v) is 7.59. The zero-order valence-electron chi connectivity index (χ0n) is 18.6. The Kier molecular flexibility index (Phi) is 7.55. The monoisotopic (exact) mass is 464 g/mol. The predicted molar refractivity (Wildman–Crippen MR) is 132 cm³/mol. The lowest BCUT2D eigenvalue weighted by Gasteiger charge is -2.17. The van der Waals surface area contributed by atoms with E-state index in [4.69, 9.17) is 0 Å². The first-order valence-corrected chi connectivity index (χ1v) is 10.3. The molecule has 2 N–H and O–H groups in total. The molecule has 4 rings (SSSR count). The van der Waals surface area contributed by atoms with Crippen LogP contribution in [0.5, 0.6) is 0 Å². The van der Waals surface area contributed by atoms with Crippen molar-refractivity contribution in [3.05, 3.63) is 77.8 Å². The molecule has 3 heterocycles. The minimum absolute atomic E-state index is 0. The highest BCUT2D eigenvalue weighted by atomic mass is 32.1. The molecule has 170 valence electrons. The molecule has 0 spiro atoms. The van der Waals surface area contributed by atoms with Crippen LogP contribution in [0.1, 0.15) is 34.5 Å². The van der Waals surface area contributed by atoms with E-state index in [1.807, 2.05) is 32.0 Å². The minimum Gasteiger partial charge on any atom is -0.369 e. The van der Waals surface area contributed by atoms with Crippen molar-refractivity contribution >= 4 is 36.1 Å². The zero-order chi connectivity index (χ0) is 22.7. The molecule has 0 radical (unpaired) electrons. The van der Waals surface area contributed by atoms with E-state index in [1.165, 1.54) is 18.5 Å². The second kappa shape index (κ2) is 10.4. The lowest BCUT2D eigenvalue weighted by molar-refractivity contribution is 0.0964. The summed E-state index contributed by atoms with van der Waals surface area (Å²) >= 11 is 0. The van der Waals surface area contributed by atoms with Gasteiger partial charge in [-0.1, -0.05) is 6.92 Å². The smallest absolute Gasteiger partial charge is 0.251 e. The molecular weight excluding hydrogens is 439 g/mol. The van der Waals surface area contributed by atoms with Gasteiger partial charge < -0.3 is 10.6 Å². The van der Waals surface area contributed by atoms with Crippen molar-refractivity contribution in [2.75, 3.05) is 18.9 Å². The molecule has 1 amide bonds. The Morgan fingerprint density at radius 1 is 1.09 bits per heavy atom. The van der Waals surface area contributed by atoms with Crippen molar-refractivity contribution in [1.29, 1.82) is 0 Å². The largest absolute Gasteiger partial charge is 0.369 e. The molecule has 9 heteroatoms. The summed E-state index contributed by atoms with van der Waals surface area (Å²) < 4.78 is 14.4. The van der Waals surface area contributed by atoms with Gasteiger partial charge >= 0.3 is 0 Å². The van der Waals surface area contributed by atoms with Crippen LogP contribution in [-0.4, -0.2) is 39.4 Å². The third kappa shape index (κ3) is 5.25. The van der Waals surface area contributed by atoms with E-state index in [-0.39, 0.29) is 25.3 Å². The molecule has 33 heavy (non-hydrogen) atoms. The van der Waals surface area contributed by atoms with Gasteiger partial charge in [0.05, 0.1) is 16.8 Å². The Bertz CT molecular complexity index is 1280. The summed E-state index contributed by atoms with van der Waals surface area (Å²) in [6.07, 6.45) is 4.84. The third-order valence-corrected chi connectivity index (χ3v) is 5.31. The highest BCUT2D eigenvalue weighted by molar-refractivity contribution is 7.59. The van der Waals surface area contributed by atoms with Crippen LogP contribution < -0.4 is 10.6 Å². The molecule has 4 aromatic rings. The maximum Gasteiger partial charge on any atom is 0.251 e. The first kappa shape index (κ1) is 24.1. The number of pyridine rings is 2. The number of halogens is 1. The Morgan fingerprint density at radius 2 is 1.91 bits per heavy atom. The summed E-state index contributed by atoms with van der Waals surface area (Å²) in [5, 5.41) is 6.38. The van der Waals surface area contributed by atoms with E-state index >= 15 is 0 Å². The fourth-order valence-electron chi connectivity index (χ4n) is 3.55. The molecule has 0 aliphatic carbocycles. The molecule has 1 atom stereocenters. The average Bonchev–Trinajstić information content (AvgIpc) is 2.81. The topological polar surface area (TPSA) is 92.7 Å². The molecule has 0 aliphatic rings. The number of fused-ring (bicyclic) bond motifs is 1. The first-order valence-electron chi connectivity index (χ1n) is 10.3. The molecule has 0 saturated carbocycles. The molecule has 0 bridgehead atoms. The molecule has 3 aromatic heterocycles. The van der Waals surface area contributed by atoms with E-state index < -0.39 is 5.82 Å². The number of nitrogens with one attached hydrogen (secondary N) is 2. The van der Waals surface area contributed by atoms with E-state index in [0.29, 0.717) is 28.8 Å². The summed E-state index contributed by atoms with van der Waals surface area (Å²) in [6.45, 7) is 4.40. The summed E-state index contributed by atoms with van der Waals surface area (Å²) in [5.74, 6) is -0.130. The van der Waals surface area contributed by atoms with E-state index in [1.54, 1.807) is 25.5 Å². The highest BCUT2D eigenvalue weighted by Gasteiger charge is 2.17. The van der Waals surface area contributed by atoms with Crippen molar-refractivity contribution in [2.24, 2.45) is 0 Å². The standard InChI is InChI=1S/C24H23FN6O.H2S/c1-14(11-29-22-10-21(30-13-31-22)16-5-4-15(2)28-12-16)19-8-17(25)9-20-18(24(32)26-3)6-7-27-23(19)20;/h4-10,12-14H,11H2,1-3H3,(H,26,32)(H,29,30,31);1H2/t14-;/m1./s1. The number of aromatic nitrogens is 4. The van der Waals surface area contributed by atoms with Gasteiger partial charge in [-0.15, -0.1) is 0 Å². The number of anilines is 1. The Balaban J connectivity index is 0.00000306. The lowest BCUT2D eigenvalue weighted by Crippen LogP contribution is -2.18. The SMILES string of the molecule is CNC(=O)c1ccnc2c([C@H](C)CNc3cc(-c4ccc(C)nc4)ncn3)cc(F)cc12.S. The number of benzene rings is 1. The number of aryl methyl sites for hydroxylation is 1. The number of amides is 1. The summed E-state index contributed by atoms with van der Waals surface area (Å²) in [6, 6.07) is 10.2. The number of carbonyl (C=O) groups excluding carboxylic acids is 1. The van der Waals surface area contributed by atoms with Gasteiger partial charge in [-0.3, -0.25) is 14.8 Å². The van der Waals surface area contributed by atoms with Gasteiger partial charge in [0.15, 0.2) is 0 Å². The molecule has 7 nitrogen and oxygen atoms in total. The Hall–Kier alpha value is -3.59. The lowest BCUT2D eigenvalue weighted by atomic mass is 9.95. The van der Waals surface area contributed by atoms with Crippen molar-refractivity contribution in [2.45, 2.75) is 19.8 Å². The molecular formula is C24H25FN6OS. The van der Waals surface area contributed by atoms with Crippen molar-refractivity contribution < 1.29 is 9.18 Å². The van der Waals surface area contributed by atoms with Crippen LogP contribution >= 0.6 is 13.5 Å². The van der Waals surface area contributed by atoms with Gasteiger partial charge in [0.1, 0.15) is 18.0 Å². The molecule has 0 saturated heterocycles. The second-order valence-electron chi connectivity index (χ2n) is 7.59. The summed E-state index contributed by atoms with van der Waals surface area (Å²) in [4.78, 5) is 29.6. The van der Waals surface area contributed by atoms with E-state index in [2.05, 4.69) is 30.6 Å². The van der Waals surface area contributed by atoms with Crippen LogP contribution in [0.4, 0.5) is 10.2 Å². The molecule has 0 unspecified atom stereocenters. The van der Waals surface area contributed by atoms with Crippen molar-refractivity contribution in [1.82, 2.24) is 25.3 Å². The van der Waals surface area contributed by atoms with Crippen LogP contribution in [0.15, 0.2) is 55.1 Å². The quantitative estimate of drug-likeness (QED) is 0.444. The van der Waals surface area contributed by atoms with Crippen LogP contribution in [0, 0.1) is 12.7 Å². The minimum atomic E-state index is -0.409. The average molecular weight is 465 g/mol. The predicted octanol–water partition coefficient (Wildman–Crippen LogP) is 4.22. The summed E-state index contributed by atoms with van der Waals surface area (Å²) in [7, 11) is 1.55. The Morgan fingerprint density at radius 3 is 2.64 bits per heavy atom. The Labute approximate surface area is 198 Å². The number of hydrogen-bond donors (Lipinski definition) is 2. The van der Waals surface area contributed by atoms with Gasteiger partial charge in [-0.05, 0) is 42.8 Å². The third-order valence-electron chi connectivity index (χ3n) is 5.31. The number of nitrogens with zero attached hydrogens (tertiary/aromatic N) is 4. The van der Waals surface area contributed by atoms with E-state index in [9.17, 15) is 9.18 Å². The number of carbonyl (C=O) groups is 1. The van der Waals surface area contributed by atoms with Crippen LogP contribution in [-0.2, 0) is 0 Å². The highest BCUT2D eigenvalue weighted by Crippen LogP contribution is 2.28. The maximum atomic E-state index is 14.4. The zero-order valence-corrected chi connectivity index (χ0v) is 19.6. The number of hydrogen-bond acceptors (Lipinski definition) is 6.